The summed E-state index contributed by atoms with van der Waals surface area (Å²) < 4.78 is 6.74. The van der Waals surface area contributed by atoms with E-state index in [1.165, 1.54) is 19.3 Å². The highest BCUT2D eigenvalue weighted by Crippen LogP contribution is 2.23. The van der Waals surface area contributed by atoms with Crippen molar-refractivity contribution in [2.45, 2.75) is 50.7 Å². The zero-order valence-electron chi connectivity index (χ0n) is 11.1. The van der Waals surface area contributed by atoms with Gasteiger partial charge in [0.2, 0.25) is 0 Å². The summed E-state index contributed by atoms with van der Waals surface area (Å²) >= 11 is 9.63. The van der Waals surface area contributed by atoms with Crippen molar-refractivity contribution in [3.63, 3.8) is 0 Å². The van der Waals surface area contributed by atoms with E-state index in [1.54, 1.807) is 0 Å². The van der Waals surface area contributed by atoms with E-state index in [1.807, 2.05) is 18.2 Å². The fourth-order valence-electron chi connectivity index (χ4n) is 2.51. The van der Waals surface area contributed by atoms with Gasteiger partial charge < -0.3 is 10.5 Å². The van der Waals surface area contributed by atoms with Gasteiger partial charge in [0.15, 0.2) is 0 Å². The minimum absolute atomic E-state index is 0.157. The number of hydrogen-bond donors (Lipinski definition) is 1. The summed E-state index contributed by atoms with van der Waals surface area (Å²) in [6, 6.07) is 6.14. The van der Waals surface area contributed by atoms with Gasteiger partial charge in [-0.05, 0) is 56.2 Å². The molecule has 0 aromatic heterocycles. The summed E-state index contributed by atoms with van der Waals surface area (Å²) in [6.45, 7) is 0.915. The standard InChI is InChI=1S/C15H21BrClNO/c16-12-5-4-11(15(17)10-12)9-13(18)6-7-14-3-1-2-8-19-14/h4-5,10,13-14H,1-3,6-9,18H2. The Morgan fingerprint density at radius 3 is 2.95 bits per heavy atom. The van der Waals surface area contributed by atoms with Crippen LogP contribution in [0.5, 0.6) is 0 Å². The number of nitrogens with two attached hydrogens (primary N) is 1. The highest BCUT2D eigenvalue weighted by Gasteiger charge is 2.15. The lowest BCUT2D eigenvalue weighted by atomic mass is 9.98. The van der Waals surface area contributed by atoms with Crippen molar-refractivity contribution < 1.29 is 4.74 Å². The van der Waals surface area contributed by atoms with Gasteiger partial charge in [0.05, 0.1) is 6.10 Å². The van der Waals surface area contributed by atoms with Gasteiger partial charge in [-0.1, -0.05) is 33.6 Å². The van der Waals surface area contributed by atoms with Gasteiger partial charge in [0.25, 0.3) is 0 Å². The third-order valence-electron chi connectivity index (χ3n) is 3.63. The molecule has 2 rings (SSSR count). The first kappa shape index (κ1) is 15.3. The molecule has 1 aromatic carbocycles. The van der Waals surface area contributed by atoms with Crippen LogP contribution in [0.1, 0.15) is 37.7 Å². The molecular weight excluding hydrogens is 326 g/mol. The number of ether oxygens (including phenoxy) is 1. The quantitative estimate of drug-likeness (QED) is 0.861. The maximum absolute atomic E-state index is 6.21. The predicted octanol–water partition coefficient (Wildman–Crippen LogP) is 4.32. The second-order valence-corrected chi connectivity index (χ2v) is 6.59. The molecule has 2 unspecified atom stereocenters. The van der Waals surface area contributed by atoms with Crippen LogP contribution < -0.4 is 5.73 Å². The Bertz CT molecular complexity index is 407. The zero-order chi connectivity index (χ0) is 13.7. The Kier molecular flexibility index (Phi) is 6.14. The molecule has 0 radical (unpaired) electrons. The molecular formula is C15H21BrClNO. The molecule has 1 aromatic rings. The second-order valence-electron chi connectivity index (χ2n) is 5.27. The van der Waals surface area contributed by atoms with Gasteiger partial charge >= 0.3 is 0 Å². The highest BCUT2D eigenvalue weighted by molar-refractivity contribution is 9.10. The molecule has 106 valence electrons. The topological polar surface area (TPSA) is 35.2 Å². The highest BCUT2D eigenvalue weighted by atomic mass is 79.9. The van der Waals surface area contributed by atoms with Gasteiger partial charge in [-0.2, -0.15) is 0 Å². The molecule has 0 amide bonds. The molecule has 1 fully saturated rings. The van der Waals surface area contributed by atoms with Gasteiger partial charge in [-0.25, -0.2) is 0 Å². The summed E-state index contributed by atoms with van der Waals surface area (Å²) in [5.74, 6) is 0. The van der Waals surface area contributed by atoms with E-state index in [0.717, 1.165) is 40.9 Å². The van der Waals surface area contributed by atoms with Crippen LogP contribution in [0.4, 0.5) is 0 Å². The van der Waals surface area contributed by atoms with Crippen molar-refractivity contribution in [3.8, 4) is 0 Å². The monoisotopic (exact) mass is 345 g/mol. The van der Waals surface area contributed by atoms with E-state index in [9.17, 15) is 0 Å². The summed E-state index contributed by atoms with van der Waals surface area (Å²) in [5.41, 5.74) is 7.33. The third-order valence-corrected chi connectivity index (χ3v) is 4.48. The molecule has 0 saturated carbocycles. The first-order chi connectivity index (χ1) is 9.15. The molecule has 2 atom stereocenters. The average Bonchev–Trinajstić information content (AvgIpc) is 2.41. The van der Waals surface area contributed by atoms with Crippen LogP contribution in [0, 0.1) is 0 Å². The number of rotatable bonds is 5. The number of hydrogen-bond acceptors (Lipinski definition) is 2. The van der Waals surface area contributed by atoms with Crippen molar-refractivity contribution in [1.82, 2.24) is 0 Å². The fraction of sp³-hybridized carbons (Fsp3) is 0.600. The van der Waals surface area contributed by atoms with E-state index in [4.69, 9.17) is 22.1 Å². The summed E-state index contributed by atoms with van der Waals surface area (Å²) in [4.78, 5) is 0. The molecule has 0 spiro atoms. The molecule has 2 nitrogen and oxygen atoms in total. The summed E-state index contributed by atoms with van der Waals surface area (Å²) in [5, 5.41) is 0.791. The molecule has 2 N–H and O–H groups in total. The van der Waals surface area contributed by atoms with Gasteiger partial charge in [-0.15, -0.1) is 0 Å². The Balaban J connectivity index is 1.78. The zero-order valence-corrected chi connectivity index (χ0v) is 13.4. The minimum atomic E-state index is 0.157. The lowest BCUT2D eigenvalue weighted by Crippen LogP contribution is -2.27. The Morgan fingerprint density at radius 1 is 1.42 bits per heavy atom. The summed E-state index contributed by atoms with van der Waals surface area (Å²) in [7, 11) is 0. The Labute approximate surface area is 128 Å². The third kappa shape index (κ3) is 5.07. The normalized spacial score (nSPS) is 21.3. The maximum Gasteiger partial charge on any atom is 0.0575 e. The van der Waals surface area contributed by atoms with Crippen molar-refractivity contribution in [3.05, 3.63) is 33.3 Å². The SMILES string of the molecule is NC(CCC1CCCCO1)Cc1ccc(Br)cc1Cl. The first-order valence-corrected chi connectivity index (χ1v) is 8.13. The van der Waals surface area contributed by atoms with Crippen LogP contribution in [0.15, 0.2) is 22.7 Å². The van der Waals surface area contributed by atoms with Crippen LogP contribution in [0.3, 0.4) is 0 Å². The van der Waals surface area contributed by atoms with E-state index >= 15 is 0 Å². The van der Waals surface area contributed by atoms with Gasteiger partial charge in [0, 0.05) is 22.1 Å². The number of benzene rings is 1. The molecule has 1 aliphatic heterocycles. The van der Waals surface area contributed by atoms with Crippen LogP contribution in [0.25, 0.3) is 0 Å². The van der Waals surface area contributed by atoms with Crippen LogP contribution in [-0.2, 0) is 11.2 Å². The van der Waals surface area contributed by atoms with Crippen LogP contribution >= 0.6 is 27.5 Å². The average molecular weight is 347 g/mol. The lowest BCUT2D eigenvalue weighted by Gasteiger charge is -2.23. The van der Waals surface area contributed by atoms with Crippen molar-refractivity contribution >= 4 is 27.5 Å². The predicted molar refractivity (Wildman–Crippen MR) is 83.7 cm³/mol. The van der Waals surface area contributed by atoms with Crippen LogP contribution in [-0.4, -0.2) is 18.8 Å². The molecule has 1 saturated heterocycles. The maximum atomic E-state index is 6.21. The van der Waals surface area contributed by atoms with E-state index in [2.05, 4.69) is 15.9 Å². The van der Waals surface area contributed by atoms with Crippen molar-refractivity contribution in [2.24, 2.45) is 5.73 Å². The molecule has 4 heteroatoms. The fourth-order valence-corrected chi connectivity index (χ4v) is 3.26. The van der Waals surface area contributed by atoms with Gasteiger partial charge in [-0.3, -0.25) is 0 Å². The largest absolute Gasteiger partial charge is 0.378 e. The van der Waals surface area contributed by atoms with Gasteiger partial charge in [0.1, 0.15) is 0 Å². The Hall–Kier alpha value is -0.0900. The van der Waals surface area contributed by atoms with Crippen molar-refractivity contribution in [2.75, 3.05) is 6.61 Å². The number of halogens is 2. The second kappa shape index (κ2) is 7.63. The first-order valence-electron chi connectivity index (χ1n) is 6.96. The Morgan fingerprint density at radius 2 is 2.26 bits per heavy atom. The van der Waals surface area contributed by atoms with E-state index < -0.39 is 0 Å². The minimum Gasteiger partial charge on any atom is -0.378 e. The van der Waals surface area contributed by atoms with Crippen LogP contribution in [0.2, 0.25) is 5.02 Å². The molecule has 1 aliphatic rings. The molecule has 1 heterocycles. The molecule has 0 aliphatic carbocycles. The van der Waals surface area contributed by atoms with E-state index in [-0.39, 0.29) is 6.04 Å². The summed E-state index contributed by atoms with van der Waals surface area (Å²) in [6.07, 6.45) is 6.99. The smallest absolute Gasteiger partial charge is 0.0575 e. The molecule has 19 heavy (non-hydrogen) atoms. The lowest BCUT2D eigenvalue weighted by molar-refractivity contribution is 0.00916. The van der Waals surface area contributed by atoms with Crippen molar-refractivity contribution in [1.29, 1.82) is 0 Å². The molecule has 0 bridgehead atoms. The van der Waals surface area contributed by atoms with E-state index in [0.29, 0.717) is 6.10 Å².